The molecule has 0 bridgehead atoms. The van der Waals surface area contributed by atoms with Crippen molar-refractivity contribution < 1.29 is 0 Å². The third-order valence-corrected chi connectivity index (χ3v) is 2.41. The second-order valence-electron chi connectivity index (χ2n) is 4.61. The van der Waals surface area contributed by atoms with Crippen LogP contribution < -0.4 is 0 Å². The summed E-state index contributed by atoms with van der Waals surface area (Å²) in [5.74, 6) is 0. The van der Waals surface area contributed by atoms with Crippen LogP contribution in [0.5, 0.6) is 0 Å². The van der Waals surface area contributed by atoms with E-state index in [9.17, 15) is 0 Å². The predicted molar refractivity (Wildman–Crippen MR) is 69.0 cm³/mol. The summed E-state index contributed by atoms with van der Waals surface area (Å²) in [4.78, 5) is 4.44. The molecule has 0 amide bonds. The summed E-state index contributed by atoms with van der Waals surface area (Å²) in [6.07, 6.45) is 4.44. The molecule has 0 heterocycles. The van der Waals surface area contributed by atoms with E-state index in [2.05, 4.69) is 57.4 Å². The van der Waals surface area contributed by atoms with Crippen LogP contribution in [0.2, 0.25) is 0 Å². The van der Waals surface area contributed by atoms with Crippen molar-refractivity contribution in [2.24, 2.45) is 0 Å². The highest BCUT2D eigenvalue weighted by atomic mass is 15.2. The minimum absolute atomic E-state index is 1.06. The standard InChI is InChI=1S/C13H26N2/c1-12(2)8-7-9-13(3)15(6)11-10-14(4)5/h8H,3,7,9-11H2,1-2,4-6H3. The second kappa shape index (κ2) is 7.52. The molecule has 0 aliphatic carbocycles. The fourth-order valence-corrected chi connectivity index (χ4v) is 1.23. The molecule has 0 saturated carbocycles. The van der Waals surface area contributed by atoms with Crippen LogP contribution >= 0.6 is 0 Å². The monoisotopic (exact) mass is 210 g/mol. The Hall–Kier alpha value is -0.760. The Kier molecular flexibility index (Phi) is 7.14. The van der Waals surface area contributed by atoms with Crippen LogP contribution in [0.25, 0.3) is 0 Å². The van der Waals surface area contributed by atoms with Crippen molar-refractivity contribution in [1.82, 2.24) is 9.80 Å². The van der Waals surface area contributed by atoms with Crippen LogP contribution in [0.3, 0.4) is 0 Å². The Labute approximate surface area is 95.3 Å². The molecule has 2 nitrogen and oxygen atoms in total. The van der Waals surface area contributed by atoms with Gasteiger partial charge in [-0.15, -0.1) is 0 Å². The Morgan fingerprint density at radius 3 is 2.20 bits per heavy atom. The molecule has 0 saturated heterocycles. The molecule has 15 heavy (non-hydrogen) atoms. The highest BCUT2D eigenvalue weighted by molar-refractivity contribution is 4.99. The molecule has 0 aliphatic rings. The molecular weight excluding hydrogens is 184 g/mol. The van der Waals surface area contributed by atoms with Gasteiger partial charge in [-0.25, -0.2) is 0 Å². The summed E-state index contributed by atoms with van der Waals surface area (Å²) < 4.78 is 0. The van der Waals surface area contributed by atoms with E-state index in [1.165, 1.54) is 11.3 Å². The molecule has 0 radical (unpaired) electrons. The highest BCUT2D eigenvalue weighted by Gasteiger charge is 2.01. The zero-order valence-electron chi connectivity index (χ0n) is 11.0. The third-order valence-electron chi connectivity index (χ3n) is 2.41. The van der Waals surface area contributed by atoms with Crippen LogP contribution in [-0.4, -0.2) is 44.0 Å². The molecule has 0 aromatic carbocycles. The van der Waals surface area contributed by atoms with E-state index in [0.717, 1.165) is 25.9 Å². The Morgan fingerprint density at radius 2 is 1.73 bits per heavy atom. The van der Waals surface area contributed by atoms with Gasteiger partial charge in [0.25, 0.3) is 0 Å². The van der Waals surface area contributed by atoms with Crippen LogP contribution in [0.4, 0.5) is 0 Å². The van der Waals surface area contributed by atoms with Gasteiger partial charge in [-0.05, 0) is 40.8 Å². The van der Waals surface area contributed by atoms with Crippen LogP contribution in [-0.2, 0) is 0 Å². The summed E-state index contributed by atoms with van der Waals surface area (Å²) >= 11 is 0. The first-order valence-electron chi connectivity index (χ1n) is 5.60. The molecule has 88 valence electrons. The third kappa shape index (κ3) is 8.25. The SMILES string of the molecule is C=C(CCC=C(C)C)N(C)CCN(C)C. The van der Waals surface area contributed by atoms with E-state index in [1.54, 1.807) is 0 Å². The van der Waals surface area contributed by atoms with E-state index < -0.39 is 0 Å². The van der Waals surface area contributed by atoms with Gasteiger partial charge in [0.15, 0.2) is 0 Å². The Morgan fingerprint density at radius 1 is 1.13 bits per heavy atom. The predicted octanol–water partition coefficient (Wildman–Crippen LogP) is 2.74. The quantitative estimate of drug-likeness (QED) is 0.596. The molecule has 0 N–H and O–H groups in total. The highest BCUT2D eigenvalue weighted by Crippen LogP contribution is 2.08. The van der Waals surface area contributed by atoms with Crippen molar-refractivity contribution in [3.8, 4) is 0 Å². The fraction of sp³-hybridized carbons (Fsp3) is 0.692. The van der Waals surface area contributed by atoms with Crippen molar-refractivity contribution in [1.29, 1.82) is 0 Å². The molecule has 0 spiro atoms. The Balaban J connectivity index is 3.74. The van der Waals surface area contributed by atoms with Crippen LogP contribution in [0, 0.1) is 0 Å². The lowest BCUT2D eigenvalue weighted by Crippen LogP contribution is -2.27. The second-order valence-corrected chi connectivity index (χ2v) is 4.61. The molecule has 0 atom stereocenters. The smallest absolute Gasteiger partial charge is 0.0299 e. The number of rotatable bonds is 7. The summed E-state index contributed by atoms with van der Waals surface area (Å²) in [6.45, 7) is 10.5. The number of likely N-dealkylation sites (N-methyl/N-ethyl adjacent to an activating group) is 2. The lowest BCUT2D eigenvalue weighted by Gasteiger charge is -2.23. The van der Waals surface area contributed by atoms with Gasteiger partial charge in [0.2, 0.25) is 0 Å². The van der Waals surface area contributed by atoms with E-state index in [-0.39, 0.29) is 0 Å². The summed E-state index contributed by atoms with van der Waals surface area (Å²) in [6, 6.07) is 0. The molecule has 2 heteroatoms. The maximum atomic E-state index is 4.11. The van der Waals surface area contributed by atoms with Crippen molar-refractivity contribution in [2.75, 3.05) is 34.2 Å². The minimum atomic E-state index is 1.06. The fourth-order valence-electron chi connectivity index (χ4n) is 1.23. The Bertz CT molecular complexity index is 213. The molecule has 0 aliphatic heterocycles. The van der Waals surface area contributed by atoms with Crippen molar-refractivity contribution in [3.05, 3.63) is 23.9 Å². The number of nitrogens with zero attached hydrogens (tertiary/aromatic N) is 2. The minimum Gasteiger partial charge on any atom is -0.377 e. The van der Waals surface area contributed by atoms with E-state index in [1.807, 2.05) is 0 Å². The van der Waals surface area contributed by atoms with E-state index >= 15 is 0 Å². The number of hydrogen-bond donors (Lipinski definition) is 0. The van der Waals surface area contributed by atoms with E-state index in [4.69, 9.17) is 0 Å². The van der Waals surface area contributed by atoms with Crippen molar-refractivity contribution >= 4 is 0 Å². The largest absolute Gasteiger partial charge is 0.377 e. The first-order chi connectivity index (χ1) is 6.93. The van der Waals surface area contributed by atoms with Crippen molar-refractivity contribution in [2.45, 2.75) is 26.7 Å². The molecule has 0 aromatic rings. The van der Waals surface area contributed by atoms with Crippen LogP contribution in [0.1, 0.15) is 26.7 Å². The molecule has 0 aromatic heterocycles. The zero-order valence-corrected chi connectivity index (χ0v) is 11.0. The lowest BCUT2D eigenvalue weighted by molar-refractivity contribution is 0.320. The zero-order chi connectivity index (χ0) is 11.8. The van der Waals surface area contributed by atoms with Crippen molar-refractivity contribution in [3.63, 3.8) is 0 Å². The molecule has 0 unspecified atom stereocenters. The normalized spacial score (nSPS) is 10.3. The average molecular weight is 210 g/mol. The van der Waals surface area contributed by atoms with E-state index in [0.29, 0.717) is 0 Å². The summed E-state index contributed by atoms with van der Waals surface area (Å²) in [5, 5.41) is 0. The van der Waals surface area contributed by atoms with Gasteiger partial charge in [-0.1, -0.05) is 18.2 Å². The first-order valence-corrected chi connectivity index (χ1v) is 5.60. The van der Waals surface area contributed by atoms with Gasteiger partial charge in [0, 0.05) is 25.8 Å². The number of allylic oxidation sites excluding steroid dienone is 3. The number of hydrogen-bond acceptors (Lipinski definition) is 2. The van der Waals surface area contributed by atoms with Gasteiger partial charge in [-0.2, -0.15) is 0 Å². The summed E-state index contributed by atoms with van der Waals surface area (Å²) in [7, 11) is 6.31. The van der Waals surface area contributed by atoms with Gasteiger partial charge in [-0.3, -0.25) is 0 Å². The molecule has 0 fully saturated rings. The van der Waals surface area contributed by atoms with Crippen LogP contribution in [0.15, 0.2) is 23.9 Å². The molecular formula is C13H26N2. The summed E-state index contributed by atoms with van der Waals surface area (Å²) in [5.41, 5.74) is 2.62. The first kappa shape index (κ1) is 14.2. The van der Waals surface area contributed by atoms with Gasteiger partial charge < -0.3 is 9.80 Å². The molecule has 0 rings (SSSR count). The maximum Gasteiger partial charge on any atom is 0.0299 e. The van der Waals surface area contributed by atoms with Gasteiger partial charge in [0.05, 0.1) is 0 Å². The topological polar surface area (TPSA) is 6.48 Å². The maximum absolute atomic E-state index is 4.11. The average Bonchev–Trinajstić information content (AvgIpc) is 2.13. The lowest BCUT2D eigenvalue weighted by atomic mass is 10.2. The van der Waals surface area contributed by atoms with Gasteiger partial charge in [0.1, 0.15) is 0 Å². The van der Waals surface area contributed by atoms with Gasteiger partial charge >= 0.3 is 0 Å².